The minimum Gasteiger partial charge on any atom is -0.490 e. The van der Waals surface area contributed by atoms with Gasteiger partial charge in [0.05, 0.1) is 13.2 Å². The van der Waals surface area contributed by atoms with Crippen LogP contribution in [0.2, 0.25) is 0 Å². The third kappa shape index (κ3) is 7.19. The standard InChI is InChI=1S/C23H31N3O2.HI/c1-3-24-23(25-17-19-9-7-8-10-20(19)18-27-2)26-15-13-22(14-16-26)28-21-11-5-4-6-12-21;/h4-12,22H,3,13-18H2,1-2H3,(H,24,25);1H. The summed E-state index contributed by atoms with van der Waals surface area (Å²) in [4.78, 5) is 7.23. The van der Waals surface area contributed by atoms with E-state index in [4.69, 9.17) is 14.5 Å². The van der Waals surface area contributed by atoms with Crippen molar-refractivity contribution in [2.45, 2.75) is 39.0 Å². The lowest BCUT2D eigenvalue weighted by molar-refractivity contribution is 0.129. The van der Waals surface area contributed by atoms with Crippen molar-refractivity contribution in [2.24, 2.45) is 4.99 Å². The summed E-state index contributed by atoms with van der Waals surface area (Å²) in [5, 5.41) is 3.44. The van der Waals surface area contributed by atoms with Gasteiger partial charge in [-0.3, -0.25) is 0 Å². The Balaban J connectivity index is 0.00000300. The Morgan fingerprint density at radius 3 is 2.34 bits per heavy atom. The number of para-hydroxylation sites is 1. The second-order valence-corrected chi connectivity index (χ2v) is 6.99. The highest BCUT2D eigenvalue weighted by atomic mass is 127. The molecule has 0 aromatic heterocycles. The first kappa shape index (κ1) is 23.5. The van der Waals surface area contributed by atoms with Gasteiger partial charge in [-0.05, 0) is 30.2 Å². The number of piperidine rings is 1. The molecule has 0 atom stereocenters. The molecule has 158 valence electrons. The zero-order chi connectivity index (χ0) is 19.6. The second kappa shape index (κ2) is 12.7. The first-order chi connectivity index (χ1) is 13.8. The Hall–Kier alpha value is -1.80. The van der Waals surface area contributed by atoms with Crippen molar-refractivity contribution in [1.82, 2.24) is 10.2 Å². The van der Waals surface area contributed by atoms with Gasteiger partial charge in [0, 0.05) is 39.6 Å². The van der Waals surface area contributed by atoms with Crippen LogP contribution in [0.15, 0.2) is 59.6 Å². The van der Waals surface area contributed by atoms with Crippen LogP contribution in [0.25, 0.3) is 0 Å². The summed E-state index contributed by atoms with van der Waals surface area (Å²) < 4.78 is 11.4. The summed E-state index contributed by atoms with van der Waals surface area (Å²) in [6.07, 6.45) is 2.27. The van der Waals surface area contributed by atoms with Crippen LogP contribution in [0.5, 0.6) is 5.75 Å². The van der Waals surface area contributed by atoms with Crippen molar-refractivity contribution in [2.75, 3.05) is 26.7 Å². The van der Waals surface area contributed by atoms with E-state index < -0.39 is 0 Å². The topological polar surface area (TPSA) is 46.1 Å². The molecule has 2 aromatic rings. The summed E-state index contributed by atoms with van der Waals surface area (Å²) in [7, 11) is 1.73. The van der Waals surface area contributed by atoms with E-state index in [1.54, 1.807) is 7.11 Å². The summed E-state index contributed by atoms with van der Waals surface area (Å²) >= 11 is 0. The van der Waals surface area contributed by atoms with E-state index in [9.17, 15) is 0 Å². The van der Waals surface area contributed by atoms with E-state index in [2.05, 4.69) is 35.3 Å². The van der Waals surface area contributed by atoms with Gasteiger partial charge in [-0.15, -0.1) is 24.0 Å². The molecule has 29 heavy (non-hydrogen) atoms. The number of benzene rings is 2. The molecule has 1 N–H and O–H groups in total. The summed E-state index contributed by atoms with van der Waals surface area (Å²) in [5.41, 5.74) is 2.40. The van der Waals surface area contributed by atoms with Gasteiger partial charge in [-0.25, -0.2) is 4.99 Å². The Labute approximate surface area is 191 Å². The van der Waals surface area contributed by atoms with Gasteiger partial charge < -0.3 is 19.7 Å². The molecule has 3 rings (SSSR count). The minimum atomic E-state index is 0. The van der Waals surface area contributed by atoms with Crippen molar-refractivity contribution >= 4 is 29.9 Å². The first-order valence-electron chi connectivity index (χ1n) is 10.1. The van der Waals surface area contributed by atoms with Crippen LogP contribution in [-0.2, 0) is 17.9 Å². The predicted molar refractivity (Wildman–Crippen MR) is 129 cm³/mol. The maximum absolute atomic E-state index is 6.11. The van der Waals surface area contributed by atoms with Crippen molar-refractivity contribution < 1.29 is 9.47 Å². The number of likely N-dealkylation sites (tertiary alicyclic amines) is 1. The largest absolute Gasteiger partial charge is 0.490 e. The molecule has 0 spiro atoms. The van der Waals surface area contributed by atoms with Crippen LogP contribution in [-0.4, -0.2) is 43.7 Å². The number of nitrogens with zero attached hydrogens (tertiary/aromatic N) is 2. The monoisotopic (exact) mass is 509 g/mol. The van der Waals surface area contributed by atoms with Crippen LogP contribution in [0.1, 0.15) is 30.9 Å². The van der Waals surface area contributed by atoms with Crippen molar-refractivity contribution in [3.63, 3.8) is 0 Å². The number of hydrogen-bond acceptors (Lipinski definition) is 3. The first-order valence-corrected chi connectivity index (χ1v) is 10.1. The molecule has 0 bridgehead atoms. The minimum absolute atomic E-state index is 0. The van der Waals surface area contributed by atoms with Crippen LogP contribution >= 0.6 is 24.0 Å². The van der Waals surface area contributed by atoms with Crippen molar-refractivity contribution in [3.8, 4) is 5.75 Å². The van der Waals surface area contributed by atoms with E-state index in [1.165, 1.54) is 11.1 Å². The molecule has 1 aliphatic rings. The molecule has 1 aliphatic heterocycles. The molecule has 0 aliphatic carbocycles. The van der Waals surface area contributed by atoms with Crippen LogP contribution in [0, 0.1) is 0 Å². The molecule has 0 radical (unpaired) electrons. The SMILES string of the molecule is CCNC(=NCc1ccccc1COC)N1CCC(Oc2ccccc2)CC1.I. The third-order valence-corrected chi connectivity index (χ3v) is 4.94. The highest BCUT2D eigenvalue weighted by molar-refractivity contribution is 14.0. The third-order valence-electron chi connectivity index (χ3n) is 4.94. The van der Waals surface area contributed by atoms with E-state index in [0.717, 1.165) is 44.2 Å². The molecule has 0 unspecified atom stereocenters. The number of ether oxygens (including phenoxy) is 2. The quantitative estimate of drug-likeness (QED) is 0.340. The van der Waals surface area contributed by atoms with E-state index >= 15 is 0 Å². The van der Waals surface area contributed by atoms with Gasteiger partial charge in [-0.2, -0.15) is 0 Å². The normalized spacial score (nSPS) is 15.0. The smallest absolute Gasteiger partial charge is 0.194 e. The molecular weight excluding hydrogens is 477 g/mol. The predicted octanol–water partition coefficient (Wildman–Crippen LogP) is 4.46. The van der Waals surface area contributed by atoms with Crippen LogP contribution in [0.4, 0.5) is 0 Å². The summed E-state index contributed by atoms with van der Waals surface area (Å²) in [6.45, 7) is 6.14. The van der Waals surface area contributed by atoms with Gasteiger partial charge in [0.15, 0.2) is 5.96 Å². The molecule has 0 amide bonds. The zero-order valence-corrected chi connectivity index (χ0v) is 19.7. The van der Waals surface area contributed by atoms with E-state index in [-0.39, 0.29) is 30.1 Å². The fourth-order valence-electron chi connectivity index (χ4n) is 3.47. The van der Waals surface area contributed by atoms with Gasteiger partial charge in [0.25, 0.3) is 0 Å². The molecule has 1 fully saturated rings. The van der Waals surface area contributed by atoms with E-state index in [0.29, 0.717) is 13.2 Å². The molecular formula is C23H32IN3O2. The van der Waals surface area contributed by atoms with Gasteiger partial charge >= 0.3 is 0 Å². The maximum Gasteiger partial charge on any atom is 0.194 e. The Morgan fingerprint density at radius 2 is 1.69 bits per heavy atom. The fraction of sp³-hybridized carbons (Fsp3) is 0.435. The van der Waals surface area contributed by atoms with Crippen molar-refractivity contribution in [3.05, 3.63) is 65.7 Å². The number of rotatable bonds is 7. The molecule has 5 nitrogen and oxygen atoms in total. The van der Waals surface area contributed by atoms with Gasteiger partial charge in [-0.1, -0.05) is 42.5 Å². The molecule has 0 saturated carbocycles. The lowest BCUT2D eigenvalue weighted by atomic mass is 10.1. The summed E-state index contributed by atoms with van der Waals surface area (Å²) in [6, 6.07) is 18.4. The number of hydrogen-bond donors (Lipinski definition) is 1. The maximum atomic E-state index is 6.11. The summed E-state index contributed by atoms with van der Waals surface area (Å²) in [5.74, 6) is 1.93. The molecule has 2 aromatic carbocycles. The number of aliphatic imine (C=N–C) groups is 1. The highest BCUT2D eigenvalue weighted by Gasteiger charge is 2.22. The fourth-order valence-corrected chi connectivity index (χ4v) is 3.47. The van der Waals surface area contributed by atoms with Crippen LogP contribution < -0.4 is 10.1 Å². The van der Waals surface area contributed by atoms with E-state index in [1.807, 2.05) is 36.4 Å². The Bertz CT molecular complexity index is 747. The second-order valence-electron chi connectivity index (χ2n) is 6.99. The number of guanidine groups is 1. The molecule has 1 heterocycles. The Kier molecular flexibility index (Phi) is 10.3. The number of nitrogens with one attached hydrogen (secondary N) is 1. The lowest BCUT2D eigenvalue weighted by Gasteiger charge is -2.34. The average molecular weight is 509 g/mol. The van der Waals surface area contributed by atoms with Gasteiger partial charge in [0.1, 0.15) is 11.9 Å². The molecule has 6 heteroatoms. The zero-order valence-electron chi connectivity index (χ0n) is 17.3. The number of halogens is 1. The molecule has 1 saturated heterocycles. The highest BCUT2D eigenvalue weighted by Crippen LogP contribution is 2.19. The number of methoxy groups -OCH3 is 1. The Morgan fingerprint density at radius 1 is 1.03 bits per heavy atom. The van der Waals surface area contributed by atoms with Crippen molar-refractivity contribution in [1.29, 1.82) is 0 Å². The van der Waals surface area contributed by atoms with Gasteiger partial charge in [0.2, 0.25) is 0 Å². The lowest BCUT2D eigenvalue weighted by Crippen LogP contribution is -2.47. The average Bonchev–Trinajstić information content (AvgIpc) is 2.74. The van der Waals surface area contributed by atoms with Crippen LogP contribution in [0.3, 0.4) is 0 Å².